The number of alkyl halides is 1. The van der Waals surface area contributed by atoms with Crippen LogP contribution in [0.4, 0.5) is 14.5 Å². The summed E-state index contributed by atoms with van der Waals surface area (Å²) in [5.74, 6) is -0.150. The van der Waals surface area contributed by atoms with E-state index >= 15 is 0 Å². The van der Waals surface area contributed by atoms with Crippen LogP contribution >= 0.6 is 7.82 Å². The fraction of sp³-hybridized carbons (Fsp3) is 0.583. The Balaban J connectivity index is 1.33. The number of hydrogen-bond donors (Lipinski definition) is 4. The number of anilines is 1. The van der Waals surface area contributed by atoms with Gasteiger partial charge in [0.05, 0.1) is 11.8 Å². The summed E-state index contributed by atoms with van der Waals surface area (Å²) in [5.41, 5.74) is 1.21. The first-order valence-corrected chi connectivity index (χ1v) is 13.9. The Bertz CT molecular complexity index is 1150. The molecule has 4 rings (SSSR count). The first kappa shape index (κ1) is 27.7. The largest absolute Gasteiger partial charge is 0.494 e. The van der Waals surface area contributed by atoms with E-state index in [-0.39, 0.29) is 54.2 Å². The van der Waals surface area contributed by atoms with Crippen LogP contribution in [0, 0.1) is 5.82 Å². The smallest absolute Gasteiger partial charge is 0.469 e. The Morgan fingerprint density at radius 1 is 1.05 bits per heavy atom. The highest BCUT2D eigenvalue weighted by Gasteiger charge is 2.39. The Morgan fingerprint density at radius 2 is 1.70 bits per heavy atom. The van der Waals surface area contributed by atoms with Crippen LogP contribution in [0.3, 0.4) is 0 Å². The van der Waals surface area contributed by atoms with Gasteiger partial charge in [0.1, 0.15) is 23.8 Å². The third kappa shape index (κ3) is 6.56. The lowest BCUT2D eigenvalue weighted by molar-refractivity contribution is 0.0595. The van der Waals surface area contributed by atoms with E-state index in [0.717, 1.165) is 18.8 Å². The molecule has 1 aromatic carbocycles. The molecule has 13 heteroatoms. The minimum atomic E-state index is -4.90. The maximum Gasteiger partial charge on any atom is 0.469 e. The monoisotopic (exact) mass is 545 g/mol. The number of benzene rings is 1. The number of phosphoric ester groups is 1. The van der Waals surface area contributed by atoms with Crippen LogP contribution in [-0.2, 0) is 28.5 Å². The van der Waals surface area contributed by atoms with Gasteiger partial charge in [-0.2, -0.15) is 0 Å². The van der Waals surface area contributed by atoms with E-state index in [9.17, 15) is 23.6 Å². The summed E-state index contributed by atoms with van der Waals surface area (Å²) >= 11 is 0. The summed E-state index contributed by atoms with van der Waals surface area (Å²) in [6.45, 7) is 7.66. The van der Waals surface area contributed by atoms with Crippen LogP contribution in [0.5, 0.6) is 17.5 Å². The summed E-state index contributed by atoms with van der Waals surface area (Å²) in [7, 11) is -4.90. The number of fused-ring (bicyclic) bond motifs is 1. The van der Waals surface area contributed by atoms with Gasteiger partial charge in [-0.05, 0) is 38.9 Å². The van der Waals surface area contributed by atoms with Gasteiger partial charge in [0, 0.05) is 62.8 Å². The fourth-order valence-electron chi connectivity index (χ4n) is 5.03. The Labute approximate surface area is 214 Å². The average Bonchev–Trinajstić information content (AvgIpc) is 3.04. The highest BCUT2D eigenvalue weighted by atomic mass is 31.2. The van der Waals surface area contributed by atoms with Crippen molar-refractivity contribution in [2.24, 2.45) is 0 Å². The molecule has 0 saturated carbocycles. The molecule has 1 aliphatic carbocycles. The number of aromatic nitrogens is 1. The van der Waals surface area contributed by atoms with E-state index in [1.54, 1.807) is 6.07 Å². The van der Waals surface area contributed by atoms with Crippen molar-refractivity contribution in [3.63, 3.8) is 0 Å². The van der Waals surface area contributed by atoms with E-state index < -0.39 is 20.1 Å². The van der Waals surface area contributed by atoms with Crippen LogP contribution in [0.2, 0.25) is 0 Å². The van der Waals surface area contributed by atoms with E-state index in [2.05, 4.69) is 14.3 Å². The first-order valence-electron chi connectivity index (χ1n) is 12.4. The molecule has 0 bridgehead atoms. The maximum atomic E-state index is 14.4. The molecule has 1 fully saturated rings. The predicted molar refractivity (Wildman–Crippen MR) is 132 cm³/mol. The normalized spacial score (nSPS) is 20.9. The second-order valence-corrected chi connectivity index (χ2v) is 11.0. The number of ether oxygens (including phenoxy) is 1. The predicted octanol–water partition coefficient (Wildman–Crippen LogP) is 2.95. The summed E-state index contributed by atoms with van der Waals surface area (Å²) in [6, 6.07) is 4.53. The lowest BCUT2D eigenvalue weighted by Crippen LogP contribution is -2.47. The minimum Gasteiger partial charge on any atom is -0.494 e. The van der Waals surface area contributed by atoms with Gasteiger partial charge in [-0.1, -0.05) is 0 Å². The Morgan fingerprint density at radius 3 is 2.32 bits per heavy atom. The zero-order chi connectivity index (χ0) is 26.9. The molecular formula is C24H34F2N3O7P. The molecule has 4 N–H and O–H groups in total. The summed E-state index contributed by atoms with van der Waals surface area (Å²) in [4.78, 5) is 22.4. The van der Waals surface area contributed by atoms with E-state index in [4.69, 9.17) is 14.5 Å². The average molecular weight is 546 g/mol. The molecule has 37 heavy (non-hydrogen) atoms. The molecule has 2 unspecified atom stereocenters. The zero-order valence-corrected chi connectivity index (χ0v) is 21.8. The molecular weight excluding hydrogens is 511 g/mol. The Hall–Kier alpha value is -2.37. The van der Waals surface area contributed by atoms with Crippen LogP contribution in [0.25, 0.3) is 0 Å². The number of piperazine rings is 1. The summed E-state index contributed by atoms with van der Waals surface area (Å²) in [6.07, 6.45) is -3.12. The quantitative estimate of drug-likeness (QED) is 0.352. The standard InChI is InChI=1S/C24H34F2N3O7P/c1-15(2)35-21-5-4-16(25)12-20(21)28-10-8-27(9-11-28)6-3-7-29-23(30)17-13-19(26)22(36-37(32,33)34)14-18(17)24(29)31/h4-5,12,15,19,22,30-31H,3,6-11,13-14H2,1-2H3,(H2,32,33,34). The topological polar surface area (TPSA) is 128 Å². The van der Waals surface area contributed by atoms with E-state index in [1.165, 1.54) is 16.7 Å². The van der Waals surface area contributed by atoms with Gasteiger partial charge in [0.2, 0.25) is 0 Å². The van der Waals surface area contributed by atoms with Crippen molar-refractivity contribution in [3.05, 3.63) is 35.1 Å². The van der Waals surface area contributed by atoms with Crippen molar-refractivity contribution in [1.82, 2.24) is 9.47 Å². The fourth-order valence-corrected chi connectivity index (χ4v) is 5.59. The van der Waals surface area contributed by atoms with Gasteiger partial charge in [-0.25, -0.2) is 13.3 Å². The van der Waals surface area contributed by atoms with Crippen molar-refractivity contribution in [2.45, 2.75) is 58.0 Å². The highest BCUT2D eigenvalue weighted by molar-refractivity contribution is 7.46. The number of nitrogens with zero attached hydrogens (tertiary/aromatic N) is 3. The number of rotatable bonds is 9. The van der Waals surface area contributed by atoms with Crippen molar-refractivity contribution in [1.29, 1.82) is 0 Å². The van der Waals surface area contributed by atoms with E-state index in [0.29, 0.717) is 31.8 Å². The molecule has 2 aliphatic rings. The van der Waals surface area contributed by atoms with Crippen molar-refractivity contribution in [2.75, 3.05) is 37.6 Å². The number of hydrogen-bond acceptors (Lipinski definition) is 7. The lowest BCUT2D eigenvalue weighted by atomic mass is 9.91. The molecule has 206 valence electrons. The third-order valence-electron chi connectivity index (χ3n) is 6.75. The SMILES string of the molecule is CC(C)Oc1ccc(F)cc1N1CCN(CCCn2c(O)c3c(c2O)CC(OP(=O)(O)O)C(F)C3)CC1. The van der Waals surface area contributed by atoms with Gasteiger partial charge in [-0.15, -0.1) is 0 Å². The molecule has 2 atom stereocenters. The van der Waals surface area contributed by atoms with Crippen molar-refractivity contribution >= 4 is 13.5 Å². The van der Waals surface area contributed by atoms with Crippen molar-refractivity contribution in [3.8, 4) is 17.5 Å². The van der Waals surface area contributed by atoms with Gasteiger partial charge in [-0.3, -0.25) is 14.0 Å². The molecule has 0 spiro atoms. The molecule has 10 nitrogen and oxygen atoms in total. The van der Waals surface area contributed by atoms with Gasteiger partial charge in [0.25, 0.3) is 0 Å². The molecule has 2 heterocycles. The second-order valence-electron chi connectivity index (χ2n) is 9.78. The molecule has 1 saturated heterocycles. The zero-order valence-electron chi connectivity index (χ0n) is 20.9. The Kier molecular flexibility index (Phi) is 8.35. The van der Waals surface area contributed by atoms with Crippen LogP contribution in [0.1, 0.15) is 31.4 Å². The minimum absolute atomic E-state index is 0.0297. The summed E-state index contributed by atoms with van der Waals surface area (Å²) in [5, 5.41) is 21.2. The molecule has 1 aliphatic heterocycles. The number of aromatic hydroxyl groups is 2. The molecule has 1 aromatic heterocycles. The number of halogens is 2. The number of phosphoric acid groups is 1. The van der Waals surface area contributed by atoms with Crippen LogP contribution < -0.4 is 9.64 Å². The third-order valence-corrected chi connectivity index (χ3v) is 7.29. The molecule has 0 radical (unpaired) electrons. The lowest BCUT2D eigenvalue weighted by Gasteiger charge is -2.37. The second kappa shape index (κ2) is 11.2. The molecule has 2 aromatic rings. The van der Waals surface area contributed by atoms with E-state index in [1.807, 2.05) is 13.8 Å². The van der Waals surface area contributed by atoms with Gasteiger partial charge < -0.3 is 29.6 Å². The maximum absolute atomic E-state index is 14.4. The first-order chi connectivity index (χ1) is 17.4. The van der Waals surface area contributed by atoms with Crippen molar-refractivity contribution < 1.29 is 42.6 Å². The van der Waals surface area contributed by atoms with Gasteiger partial charge in [0.15, 0.2) is 11.8 Å². The highest BCUT2D eigenvalue weighted by Crippen LogP contribution is 2.45. The van der Waals surface area contributed by atoms with Gasteiger partial charge >= 0.3 is 7.82 Å². The summed E-state index contributed by atoms with van der Waals surface area (Å²) < 4.78 is 51.2. The van der Waals surface area contributed by atoms with Crippen LogP contribution in [-0.4, -0.2) is 80.6 Å². The molecule has 0 amide bonds. The van der Waals surface area contributed by atoms with Crippen LogP contribution in [0.15, 0.2) is 18.2 Å².